The molecule has 2 heterocycles. The Kier molecular flexibility index (Phi) is 5.77. The summed E-state index contributed by atoms with van der Waals surface area (Å²) in [4.78, 5) is 22.7. The maximum atomic E-state index is 12.6. The van der Waals surface area contributed by atoms with E-state index in [4.69, 9.17) is 16.6 Å². The Labute approximate surface area is 198 Å². The van der Waals surface area contributed by atoms with Crippen LogP contribution in [0.4, 0.5) is 5.69 Å². The molecule has 0 spiro atoms. The van der Waals surface area contributed by atoms with E-state index >= 15 is 0 Å². The van der Waals surface area contributed by atoms with E-state index in [1.165, 1.54) is 11.3 Å². The van der Waals surface area contributed by atoms with Gasteiger partial charge in [-0.15, -0.1) is 0 Å². The molecule has 1 aliphatic heterocycles. The smallest absolute Gasteiger partial charge is 0.277 e. The highest BCUT2D eigenvalue weighted by Gasteiger charge is 2.16. The molecular weight excluding hydrogens is 454 g/mol. The second kappa shape index (κ2) is 9.02. The maximum absolute atomic E-state index is 12.6. The van der Waals surface area contributed by atoms with Crippen molar-refractivity contribution in [3.8, 4) is 5.88 Å². The first kappa shape index (κ1) is 21.1. The molecule has 0 fully saturated rings. The van der Waals surface area contributed by atoms with Crippen LogP contribution in [0.5, 0.6) is 5.88 Å². The van der Waals surface area contributed by atoms with Gasteiger partial charge in [-0.2, -0.15) is 0 Å². The van der Waals surface area contributed by atoms with Crippen LogP contribution in [0.2, 0.25) is 5.02 Å². The van der Waals surface area contributed by atoms with Gasteiger partial charge in [0.2, 0.25) is 5.88 Å². The van der Waals surface area contributed by atoms with Gasteiger partial charge in [-0.3, -0.25) is 9.36 Å². The summed E-state index contributed by atoms with van der Waals surface area (Å²) >= 11 is 7.41. The van der Waals surface area contributed by atoms with Crippen molar-refractivity contribution in [2.45, 2.75) is 6.54 Å². The van der Waals surface area contributed by atoms with Crippen LogP contribution in [0.15, 0.2) is 94.4 Å². The molecule has 0 bridgehead atoms. The van der Waals surface area contributed by atoms with Gasteiger partial charge in [0.25, 0.3) is 5.91 Å². The molecule has 33 heavy (non-hydrogen) atoms. The van der Waals surface area contributed by atoms with Crippen molar-refractivity contribution in [3.05, 3.63) is 115 Å². The molecule has 5 nitrogen and oxygen atoms in total. The fourth-order valence-corrected chi connectivity index (χ4v) is 4.69. The molecule has 1 aromatic heterocycles. The third-order valence-corrected chi connectivity index (χ3v) is 6.38. The number of benzene rings is 3. The Morgan fingerprint density at radius 3 is 2.52 bits per heavy atom. The zero-order valence-electron chi connectivity index (χ0n) is 17.4. The first-order chi connectivity index (χ1) is 16.1. The Balaban J connectivity index is 1.65. The number of hydrogen-bond acceptors (Lipinski definition) is 4. The number of aromatic nitrogens is 1. The van der Waals surface area contributed by atoms with Crippen LogP contribution in [0.25, 0.3) is 12.2 Å². The van der Waals surface area contributed by atoms with Crippen molar-refractivity contribution in [2.24, 2.45) is 9.98 Å². The number of fused-ring (bicyclic) bond motifs is 1. The zero-order valence-corrected chi connectivity index (χ0v) is 18.9. The summed E-state index contributed by atoms with van der Waals surface area (Å²) in [6.45, 7) is 0.443. The Hall–Kier alpha value is -3.74. The molecule has 0 aliphatic carbocycles. The van der Waals surface area contributed by atoms with Crippen molar-refractivity contribution in [3.63, 3.8) is 0 Å². The highest BCUT2D eigenvalue weighted by Crippen LogP contribution is 2.26. The zero-order chi connectivity index (χ0) is 22.8. The summed E-state index contributed by atoms with van der Waals surface area (Å²) in [5, 5.41) is 13.0. The van der Waals surface area contributed by atoms with Crippen LogP contribution in [0, 0.1) is 0 Å². The first-order valence-corrected chi connectivity index (χ1v) is 11.4. The quantitative estimate of drug-likeness (QED) is 0.453. The third kappa shape index (κ3) is 4.58. The van der Waals surface area contributed by atoms with Gasteiger partial charge in [0.15, 0.2) is 4.80 Å². The number of rotatable bonds is 4. The van der Waals surface area contributed by atoms with E-state index in [2.05, 4.69) is 4.99 Å². The molecule has 0 saturated heterocycles. The summed E-state index contributed by atoms with van der Waals surface area (Å²) in [5.74, 6) is -0.321. The minimum atomic E-state index is -0.367. The van der Waals surface area contributed by atoms with Crippen molar-refractivity contribution in [2.75, 3.05) is 0 Å². The standard InChI is InChI=1S/C26H18ClN3O2S/c27-20-11-12-22-18(14-20)13-19(24(31)29-22)15-23-25(32)30(16-17-7-3-1-4-8-17)26(33-23)28-21-9-5-2-6-10-21/h1-15,32H,16H2/b19-15-,28-26?. The summed E-state index contributed by atoms with van der Waals surface area (Å²) in [6, 6.07) is 24.6. The lowest BCUT2D eigenvalue weighted by atomic mass is 10.1. The normalized spacial score (nSPS) is 14.6. The van der Waals surface area contributed by atoms with Gasteiger partial charge < -0.3 is 5.11 Å². The van der Waals surface area contributed by atoms with Gasteiger partial charge in [0, 0.05) is 15.8 Å². The van der Waals surface area contributed by atoms with E-state index in [1.807, 2.05) is 60.7 Å². The van der Waals surface area contributed by atoms with Crippen molar-refractivity contribution in [1.82, 2.24) is 4.57 Å². The van der Waals surface area contributed by atoms with Gasteiger partial charge >= 0.3 is 0 Å². The highest BCUT2D eigenvalue weighted by atomic mass is 35.5. The molecule has 0 unspecified atom stereocenters. The molecule has 0 radical (unpaired) electrons. The Morgan fingerprint density at radius 2 is 1.76 bits per heavy atom. The predicted molar refractivity (Wildman–Crippen MR) is 131 cm³/mol. The van der Waals surface area contributed by atoms with E-state index in [-0.39, 0.29) is 11.8 Å². The van der Waals surface area contributed by atoms with Crippen LogP contribution < -0.4 is 15.4 Å². The Bertz CT molecular complexity index is 1570. The number of amides is 1. The average molecular weight is 472 g/mol. The van der Waals surface area contributed by atoms with Crippen LogP contribution in [0.3, 0.4) is 0 Å². The van der Waals surface area contributed by atoms with Gasteiger partial charge in [0.1, 0.15) is 0 Å². The molecule has 5 rings (SSSR count). The van der Waals surface area contributed by atoms with E-state index in [9.17, 15) is 9.90 Å². The summed E-state index contributed by atoms with van der Waals surface area (Å²) < 4.78 is 1.74. The number of carbonyl (C=O) groups excluding carboxylic acids is 1. The van der Waals surface area contributed by atoms with Gasteiger partial charge in [-0.05, 0) is 48.0 Å². The van der Waals surface area contributed by atoms with Crippen LogP contribution in [-0.4, -0.2) is 15.6 Å². The fourth-order valence-electron chi connectivity index (χ4n) is 3.51. The lowest BCUT2D eigenvalue weighted by Gasteiger charge is -2.06. The fraction of sp³-hybridized carbons (Fsp3) is 0.0385. The molecule has 0 atom stereocenters. The molecule has 1 aliphatic rings. The summed E-state index contributed by atoms with van der Waals surface area (Å²) in [6.07, 6.45) is 3.40. The second-order valence-corrected chi connectivity index (χ2v) is 8.90. The van der Waals surface area contributed by atoms with Crippen molar-refractivity contribution < 1.29 is 9.90 Å². The summed E-state index contributed by atoms with van der Waals surface area (Å²) in [7, 11) is 0. The van der Waals surface area contributed by atoms with E-state index in [0.29, 0.717) is 32.2 Å². The number of nitrogens with zero attached hydrogens (tertiary/aromatic N) is 3. The van der Waals surface area contributed by atoms with Gasteiger partial charge in [-0.25, -0.2) is 9.98 Å². The summed E-state index contributed by atoms with van der Waals surface area (Å²) in [5.41, 5.74) is 2.18. The minimum absolute atomic E-state index is 0.0455. The lowest BCUT2D eigenvalue weighted by molar-refractivity contribution is -0.114. The maximum Gasteiger partial charge on any atom is 0.277 e. The molecule has 162 valence electrons. The lowest BCUT2D eigenvalue weighted by Crippen LogP contribution is -2.30. The number of thiazole rings is 1. The highest BCUT2D eigenvalue weighted by molar-refractivity contribution is 7.10. The Morgan fingerprint density at radius 1 is 1.03 bits per heavy atom. The number of hydrogen-bond donors (Lipinski definition) is 1. The van der Waals surface area contributed by atoms with E-state index < -0.39 is 0 Å². The molecular formula is C26H18ClN3O2S. The largest absolute Gasteiger partial charge is 0.493 e. The number of halogens is 1. The van der Waals surface area contributed by atoms with Crippen LogP contribution in [-0.2, 0) is 11.3 Å². The molecule has 7 heteroatoms. The van der Waals surface area contributed by atoms with E-state index in [0.717, 1.165) is 16.5 Å². The predicted octanol–water partition coefficient (Wildman–Crippen LogP) is 4.21. The second-order valence-electron chi connectivity index (χ2n) is 7.46. The molecule has 3 aromatic carbocycles. The molecule has 1 amide bonds. The number of carbonyl (C=O) groups is 1. The van der Waals surface area contributed by atoms with E-state index in [1.54, 1.807) is 34.9 Å². The SMILES string of the molecule is O=C1N=c2ccc(Cl)cc2=C/C1=C/c1sc(=Nc2ccccc2)n(Cc2ccccc2)c1O. The van der Waals surface area contributed by atoms with Gasteiger partial charge in [-0.1, -0.05) is 71.5 Å². The number of para-hydroxylation sites is 1. The first-order valence-electron chi connectivity index (χ1n) is 10.3. The monoisotopic (exact) mass is 471 g/mol. The van der Waals surface area contributed by atoms with Crippen LogP contribution >= 0.6 is 22.9 Å². The van der Waals surface area contributed by atoms with Gasteiger partial charge in [0.05, 0.1) is 22.5 Å². The average Bonchev–Trinajstić information content (AvgIpc) is 3.10. The number of aromatic hydroxyl groups is 1. The topological polar surface area (TPSA) is 67.0 Å². The van der Waals surface area contributed by atoms with Crippen LogP contribution in [0.1, 0.15) is 10.4 Å². The molecule has 1 N–H and O–H groups in total. The van der Waals surface area contributed by atoms with Crippen molar-refractivity contribution >= 4 is 46.7 Å². The molecule has 0 saturated carbocycles. The minimum Gasteiger partial charge on any atom is -0.493 e. The third-order valence-electron chi connectivity index (χ3n) is 5.13. The van der Waals surface area contributed by atoms with Crippen molar-refractivity contribution in [1.29, 1.82) is 0 Å². The molecule has 4 aromatic rings.